The van der Waals surface area contributed by atoms with Crippen LogP contribution in [-0.2, 0) is 0 Å². The molecule has 0 amide bonds. The lowest BCUT2D eigenvalue weighted by atomic mass is 9.89. The van der Waals surface area contributed by atoms with Gasteiger partial charge in [-0.3, -0.25) is 4.98 Å². The Morgan fingerprint density at radius 3 is 1.60 bits per heavy atom. The number of aryl methyl sites for hydroxylation is 1. The molecule has 2 nitrogen and oxygen atoms in total. The van der Waals surface area contributed by atoms with Crippen molar-refractivity contribution in [3.05, 3.63) is 169 Å². The molecule has 0 spiro atoms. The Bertz CT molecular complexity index is 2250. The van der Waals surface area contributed by atoms with Gasteiger partial charge in [-0.25, -0.2) is 4.98 Å². The molecule has 0 radical (unpaired) electrons. The van der Waals surface area contributed by atoms with Crippen molar-refractivity contribution < 1.29 is 0 Å². The molecule has 2 heterocycles. The van der Waals surface area contributed by atoms with E-state index in [1.54, 1.807) is 0 Å². The lowest BCUT2D eigenvalue weighted by molar-refractivity contribution is 1.27. The van der Waals surface area contributed by atoms with Crippen molar-refractivity contribution in [3.63, 3.8) is 0 Å². The van der Waals surface area contributed by atoms with Gasteiger partial charge in [-0.05, 0) is 98.8 Å². The molecular weight excluding hydrogens is 544 g/mol. The summed E-state index contributed by atoms with van der Waals surface area (Å²) in [4.78, 5) is 9.98. The van der Waals surface area contributed by atoms with Gasteiger partial charge in [0.1, 0.15) is 0 Å². The molecule has 0 aliphatic carbocycles. The van der Waals surface area contributed by atoms with Gasteiger partial charge in [0, 0.05) is 22.9 Å². The molecule has 0 unspecified atom stereocenters. The topological polar surface area (TPSA) is 25.8 Å². The first-order valence-electron chi connectivity index (χ1n) is 15.3. The van der Waals surface area contributed by atoms with Crippen molar-refractivity contribution in [1.82, 2.24) is 9.97 Å². The molecule has 0 N–H and O–H groups in total. The summed E-state index contributed by atoms with van der Waals surface area (Å²) in [5.74, 6) is 0. The SMILES string of the molecule is Cc1ccc(-c2cc(-c3cc(-c4ccccc4)nc(-c4ccccc4)c3)cc(-c3cc4ccccc4c4ccccc34)c2)nc1. The van der Waals surface area contributed by atoms with E-state index in [1.807, 2.05) is 18.3 Å². The Morgan fingerprint density at radius 1 is 0.378 bits per heavy atom. The Balaban J connectivity index is 1.41. The van der Waals surface area contributed by atoms with Crippen LogP contribution in [0.15, 0.2) is 164 Å². The number of hydrogen-bond donors (Lipinski definition) is 0. The van der Waals surface area contributed by atoms with Gasteiger partial charge < -0.3 is 0 Å². The first kappa shape index (κ1) is 26.7. The van der Waals surface area contributed by atoms with E-state index in [2.05, 4.69) is 153 Å². The maximum atomic E-state index is 5.13. The molecule has 0 bridgehead atoms. The number of rotatable bonds is 5. The van der Waals surface area contributed by atoms with Crippen LogP contribution in [0.4, 0.5) is 0 Å². The van der Waals surface area contributed by atoms with Crippen molar-refractivity contribution in [2.45, 2.75) is 6.92 Å². The second-order valence-corrected chi connectivity index (χ2v) is 11.6. The first-order valence-corrected chi connectivity index (χ1v) is 15.3. The number of hydrogen-bond acceptors (Lipinski definition) is 2. The van der Waals surface area contributed by atoms with E-state index < -0.39 is 0 Å². The van der Waals surface area contributed by atoms with Crippen molar-refractivity contribution in [2.75, 3.05) is 0 Å². The van der Waals surface area contributed by atoms with Gasteiger partial charge in [0.25, 0.3) is 0 Å². The standard InChI is InChI=1S/C43H30N2/c1-29-20-21-41(44-28-29)36-23-33(22-35(24-36)40-25-32-16-8-9-17-37(32)38-18-10-11-19-39(38)40)34-26-42(30-12-4-2-5-13-30)45-43(27-34)31-14-6-3-7-15-31/h2-28H,1H3. The van der Waals surface area contributed by atoms with E-state index in [1.165, 1.54) is 27.1 Å². The van der Waals surface area contributed by atoms with Gasteiger partial charge >= 0.3 is 0 Å². The van der Waals surface area contributed by atoms with Crippen LogP contribution in [0.3, 0.4) is 0 Å². The number of pyridine rings is 2. The van der Waals surface area contributed by atoms with Crippen LogP contribution in [0, 0.1) is 6.92 Å². The van der Waals surface area contributed by atoms with E-state index in [9.17, 15) is 0 Å². The van der Waals surface area contributed by atoms with Crippen LogP contribution in [-0.4, -0.2) is 9.97 Å². The summed E-state index contributed by atoms with van der Waals surface area (Å²) in [6.45, 7) is 2.08. The second-order valence-electron chi connectivity index (χ2n) is 11.6. The maximum Gasteiger partial charge on any atom is 0.0715 e. The Hall–Kier alpha value is -5.86. The van der Waals surface area contributed by atoms with E-state index in [0.717, 1.165) is 56.0 Å². The Labute approximate surface area is 263 Å². The molecule has 212 valence electrons. The van der Waals surface area contributed by atoms with Gasteiger partial charge in [-0.2, -0.15) is 0 Å². The average molecular weight is 575 g/mol. The molecule has 8 rings (SSSR count). The fraction of sp³-hybridized carbons (Fsp3) is 0.0233. The molecular formula is C43H30N2. The zero-order valence-corrected chi connectivity index (χ0v) is 25.0. The third-order valence-electron chi connectivity index (χ3n) is 8.52. The molecule has 45 heavy (non-hydrogen) atoms. The quantitative estimate of drug-likeness (QED) is 0.191. The highest BCUT2D eigenvalue weighted by molar-refractivity contribution is 6.14. The summed E-state index contributed by atoms with van der Waals surface area (Å²) in [6.07, 6.45) is 1.94. The predicted octanol–water partition coefficient (Wildman–Crippen LogP) is 11.4. The molecule has 8 aromatic rings. The van der Waals surface area contributed by atoms with Crippen molar-refractivity contribution in [1.29, 1.82) is 0 Å². The van der Waals surface area contributed by atoms with Crippen LogP contribution in [0.1, 0.15) is 5.56 Å². The summed E-state index contributed by atoms with van der Waals surface area (Å²) in [5.41, 5.74) is 11.9. The number of nitrogens with zero attached hydrogens (tertiary/aromatic N) is 2. The van der Waals surface area contributed by atoms with Crippen LogP contribution >= 0.6 is 0 Å². The van der Waals surface area contributed by atoms with Crippen LogP contribution in [0.2, 0.25) is 0 Å². The van der Waals surface area contributed by atoms with Crippen molar-refractivity contribution >= 4 is 21.5 Å². The molecule has 0 saturated carbocycles. The van der Waals surface area contributed by atoms with Crippen LogP contribution < -0.4 is 0 Å². The summed E-state index contributed by atoms with van der Waals surface area (Å²) in [5, 5.41) is 4.99. The minimum atomic E-state index is 0.948. The molecule has 2 aromatic heterocycles. The third kappa shape index (κ3) is 5.17. The van der Waals surface area contributed by atoms with E-state index in [0.29, 0.717) is 0 Å². The lowest BCUT2D eigenvalue weighted by Crippen LogP contribution is -1.93. The van der Waals surface area contributed by atoms with Crippen LogP contribution in [0.5, 0.6) is 0 Å². The molecule has 0 saturated heterocycles. The fourth-order valence-corrected chi connectivity index (χ4v) is 6.24. The predicted molar refractivity (Wildman–Crippen MR) is 189 cm³/mol. The minimum absolute atomic E-state index is 0.948. The second kappa shape index (κ2) is 11.3. The Morgan fingerprint density at radius 2 is 0.933 bits per heavy atom. The molecule has 6 aromatic carbocycles. The fourth-order valence-electron chi connectivity index (χ4n) is 6.24. The van der Waals surface area contributed by atoms with Gasteiger partial charge in [0.15, 0.2) is 0 Å². The van der Waals surface area contributed by atoms with Gasteiger partial charge in [-0.15, -0.1) is 0 Å². The number of aromatic nitrogens is 2. The summed E-state index contributed by atoms with van der Waals surface area (Å²) in [7, 11) is 0. The average Bonchev–Trinajstić information content (AvgIpc) is 3.12. The zero-order valence-electron chi connectivity index (χ0n) is 25.0. The van der Waals surface area contributed by atoms with Crippen molar-refractivity contribution in [2.24, 2.45) is 0 Å². The number of fused-ring (bicyclic) bond motifs is 3. The summed E-state index contributed by atoms with van der Waals surface area (Å²) in [6, 6.07) is 56.1. The highest BCUT2D eigenvalue weighted by Crippen LogP contribution is 2.39. The van der Waals surface area contributed by atoms with Gasteiger partial charge in [0.2, 0.25) is 0 Å². The van der Waals surface area contributed by atoms with Crippen LogP contribution in [0.25, 0.3) is 77.6 Å². The zero-order chi connectivity index (χ0) is 30.2. The highest BCUT2D eigenvalue weighted by atomic mass is 14.7. The molecule has 0 aliphatic heterocycles. The maximum absolute atomic E-state index is 5.13. The molecule has 0 fully saturated rings. The number of benzene rings is 6. The summed E-state index contributed by atoms with van der Waals surface area (Å²) >= 11 is 0. The normalized spacial score (nSPS) is 11.2. The van der Waals surface area contributed by atoms with Gasteiger partial charge in [-0.1, -0.05) is 115 Å². The lowest BCUT2D eigenvalue weighted by Gasteiger charge is -2.16. The van der Waals surface area contributed by atoms with Gasteiger partial charge in [0.05, 0.1) is 17.1 Å². The molecule has 0 aliphatic rings. The molecule has 2 heteroatoms. The van der Waals surface area contributed by atoms with E-state index >= 15 is 0 Å². The van der Waals surface area contributed by atoms with E-state index in [4.69, 9.17) is 9.97 Å². The minimum Gasteiger partial charge on any atom is -0.256 e. The third-order valence-corrected chi connectivity index (χ3v) is 8.52. The largest absolute Gasteiger partial charge is 0.256 e. The van der Waals surface area contributed by atoms with E-state index in [-0.39, 0.29) is 0 Å². The smallest absolute Gasteiger partial charge is 0.0715 e. The van der Waals surface area contributed by atoms with Crippen molar-refractivity contribution in [3.8, 4) is 56.0 Å². The molecule has 0 atom stereocenters. The summed E-state index contributed by atoms with van der Waals surface area (Å²) < 4.78 is 0. The first-order chi connectivity index (χ1) is 22.2. The highest BCUT2D eigenvalue weighted by Gasteiger charge is 2.15. The Kier molecular flexibility index (Phi) is 6.73. The monoisotopic (exact) mass is 574 g/mol.